The van der Waals surface area contributed by atoms with Gasteiger partial charge >= 0.3 is 0 Å². The summed E-state index contributed by atoms with van der Waals surface area (Å²) in [4.78, 5) is 0. The van der Waals surface area contributed by atoms with Crippen LogP contribution < -0.4 is 0 Å². The monoisotopic (exact) mass is 386 g/mol. The Morgan fingerprint density at radius 3 is 1.96 bits per heavy atom. The second-order valence-electron chi connectivity index (χ2n) is 7.24. The third-order valence-corrected chi connectivity index (χ3v) is 5.32. The Kier molecular flexibility index (Phi) is 9.70. The SMILES string of the molecule is C=COCc1cccc(COC=C)c1C1CC(COC=C)CC(COCC)C1. The minimum absolute atomic E-state index is 0.408. The van der Waals surface area contributed by atoms with Crippen LogP contribution >= 0.6 is 0 Å². The van der Waals surface area contributed by atoms with Crippen molar-refractivity contribution in [3.8, 4) is 0 Å². The van der Waals surface area contributed by atoms with E-state index < -0.39 is 0 Å². The molecule has 4 heteroatoms. The molecule has 0 heterocycles. The minimum Gasteiger partial charge on any atom is -0.502 e. The molecule has 0 N–H and O–H groups in total. The normalized spacial score (nSPS) is 21.5. The molecule has 1 aliphatic carbocycles. The van der Waals surface area contributed by atoms with Gasteiger partial charge in [0.2, 0.25) is 0 Å². The molecular formula is C24H34O4. The predicted molar refractivity (Wildman–Crippen MR) is 113 cm³/mol. The van der Waals surface area contributed by atoms with Gasteiger partial charge in [-0.2, -0.15) is 0 Å². The highest BCUT2D eigenvalue weighted by atomic mass is 16.5. The van der Waals surface area contributed by atoms with Crippen LogP contribution in [-0.2, 0) is 32.2 Å². The fraction of sp³-hybridized carbons (Fsp3) is 0.500. The zero-order valence-corrected chi connectivity index (χ0v) is 17.1. The van der Waals surface area contributed by atoms with E-state index in [-0.39, 0.29) is 0 Å². The largest absolute Gasteiger partial charge is 0.502 e. The summed E-state index contributed by atoms with van der Waals surface area (Å²) < 4.78 is 22.4. The van der Waals surface area contributed by atoms with Crippen molar-refractivity contribution in [3.05, 3.63) is 73.4 Å². The van der Waals surface area contributed by atoms with E-state index in [1.165, 1.54) is 35.5 Å². The highest BCUT2D eigenvalue weighted by molar-refractivity contribution is 5.38. The minimum atomic E-state index is 0.408. The van der Waals surface area contributed by atoms with Crippen LogP contribution in [0.5, 0.6) is 0 Å². The molecule has 4 nitrogen and oxygen atoms in total. The van der Waals surface area contributed by atoms with Crippen molar-refractivity contribution >= 4 is 0 Å². The zero-order valence-electron chi connectivity index (χ0n) is 17.1. The van der Waals surface area contributed by atoms with Crippen LogP contribution in [0.25, 0.3) is 0 Å². The Balaban J connectivity index is 2.31. The molecule has 1 saturated carbocycles. The van der Waals surface area contributed by atoms with E-state index in [1.54, 1.807) is 0 Å². The smallest absolute Gasteiger partial charge is 0.113 e. The predicted octanol–water partition coefficient (Wildman–Crippen LogP) is 5.70. The highest BCUT2D eigenvalue weighted by Crippen LogP contribution is 2.42. The first-order valence-corrected chi connectivity index (χ1v) is 10.1. The molecule has 0 aliphatic heterocycles. The first-order valence-electron chi connectivity index (χ1n) is 10.1. The molecule has 0 radical (unpaired) electrons. The average molecular weight is 387 g/mol. The molecule has 3 atom stereocenters. The van der Waals surface area contributed by atoms with E-state index >= 15 is 0 Å². The first-order chi connectivity index (χ1) is 13.7. The highest BCUT2D eigenvalue weighted by Gasteiger charge is 2.32. The van der Waals surface area contributed by atoms with Crippen molar-refractivity contribution in [2.45, 2.75) is 45.3 Å². The van der Waals surface area contributed by atoms with E-state index in [2.05, 4.69) is 37.9 Å². The van der Waals surface area contributed by atoms with Crippen molar-refractivity contribution in [2.75, 3.05) is 19.8 Å². The lowest BCUT2D eigenvalue weighted by atomic mass is 9.71. The van der Waals surface area contributed by atoms with Gasteiger partial charge in [0.05, 0.1) is 25.4 Å². The van der Waals surface area contributed by atoms with Crippen molar-refractivity contribution in [1.29, 1.82) is 0 Å². The van der Waals surface area contributed by atoms with Crippen LogP contribution in [0.15, 0.2) is 56.7 Å². The molecule has 2 rings (SSSR count). The molecule has 1 fully saturated rings. The molecule has 0 spiro atoms. The van der Waals surface area contributed by atoms with Gasteiger partial charge in [-0.1, -0.05) is 37.9 Å². The van der Waals surface area contributed by atoms with Crippen LogP contribution in [0, 0.1) is 11.8 Å². The number of hydrogen-bond donors (Lipinski definition) is 0. The third-order valence-electron chi connectivity index (χ3n) is 5.32. The van der Waals surface area contributed by atoms with Crippen molar-refractivity contribution in [2.24, 2.45) is 11.8 Å². The fourth-order valence-electron chi connectivity index (χ4n) is 4.30. The molecule has 1 aromatic carbocycles. The van der Waals surface area contributed by atoms with Crippen molar-refractivity contribution < 1.29 is 18.9 Å². The molecule has 0 amide bonds. The first kappa shape index (κ1) is 22.1. The van der Waals surface area contributed by atoms with Gasteiger partial charge < -0.3 is 18.9 Å². The zero-order chi connectivity index (χ0) is 20.2. The lowest BCUT2D eigenvalue weighted by molar-refractivity contribution is 0.0603. The lowest BCUT2D eigenvalue weighted by Crippen LogP contribution is -2.28. The van der Waals surface area contributed by atoms with Gasteiger partial charge in [-0.05, 0) is 60.6 Å². The molecule has 154 valence electrons. The number of rotatable bonds is 13. The van der Waals surface area contributed by atoms with E-state index in [1.807, 2.05) is 6.92 Å². The summed E-state index contributed by atoms with van der Waals surface area (Å²) in [7, 11) is 0. The second-order valence-corrected chi connectivity index (χ2v) is 7.24. The van der Waals surface area contributed by atoms with Crippen molar-refractivity contribution in [1.82, 2.24) is 0 Å². The topological polar surface area (TPSA) is 36.9 Å². The van der Waals surface area contributed by atoms with Gasteiger partial charge in [0.15, 0.2) is 0 Å². The maximum atomic E-state index is 5.76. The van der Waals surface area contributed by atoms with Crippen LogP contribution in [0.3, 0.4) is 0 Å². The molecular weight excluding hydrogens is 352 g/mol. The van der Waals surface area contributed by atoms with E-state index in [4.69, 9.17) is 18.9 Å². The quantitative estimate of drug-likeness (QED) is 0.407. The number of ether oxygens (including phenoxy) is 4. The summed E-state index contributed by atoms with van der Waals surface area (Å²) in [6, 6.07) is 6.33. The van der Waals surface area contributed by atoms with Crippen LogP contribution in [0.1, 0.15) is 48.8 Å². The van der Waals surface area contributed by atoms with E-state index in [9.17, 15) is 0 Å². The van der Waals surface area contributed by atoms with Gasteiger partial charge in [0.25, 0.3) is 0 Å². The Morgan fingerprint density at radius 1 is 0.857 bits per heavy atom. The maximum absolute atomic E-state index is 5.76. The molecule has 28 heavy (non-hydrogen) atoms. The Labute approximate surface area is 169 Å². The van der Waals surface area contributed by atoms with E-state index in [0.717, 1.165) is 32.5 Å². The maximum Gasteiger partial charge on any atom is 0.113 e. The third kappa shape index (κ3) is 6.45. The molecule has 0 aromatic heterocycles. The van der Waals surface area contributed by atoms with Crippen LogP contribution in [0.2, 0.25) is 0 Å². The summed E-state index contributed by atoms with van der Waals surface area (Å²) in [6.45, 7) is 16.4. The Bertz CT molecular complexity index is 595. The van der Waals surface area contributed by atoms with Crippen LogP contribution in [-0.4, -0.2) is 19.8 Å². The number of benzene rings is 1. The lowest BCUT2D eigenvalue weighted by Gasteiger charge is -2.36. The summed E-state index contributed by atoms with van der Waals surface area (Å²) >= 11 is 0. The van der Waals surface area contributed by atoms with Crippen molar-refractivity contribution in [3.63, 3.8) is 0 Å². The summed E-state index contributed by atoms with van der Waals surface area (Å²) in [5, 5.41) is 0. The number of hydrogen-bond acceptors (Lipinski definition) is 4. The second kappa shape index (κ2) is 12.3. The van der Waals surface area contributed by atoms with Gasteiger partial charge in [-0.3, -0.25) is 0 Å². The summed E-state index contributed by atoms with van der Waals surface area (Å²) in [6.07, 6.45) is 7.82. The summed E-state index contributed by atoms with van der Waals surface area (Å²) in [5.74, 6) is 1.40. The fourth-order valence-corrected chi connectivity index (χ4v) is 4.30. The summed E-state index contributed by atoms with van der Waals surface area (Å²) in [5.41, 5.74) is 3.71. The average Bonchev–Trinajstić information content (AvgIpc) is 2.73. The van der Waals surface area contributed by atoms with Gasteiger partial charge in [-0.25, -0.2) is 0 Å². The molecule has 1 aromatic rings. The van der Waals surface area contributed by atoms with E-state index in [0.29, 0.717) is 37.6 Å². The molecule has 0 bridgehead atoms. The standard InChI is InChI=1S/C24H34O4/c1-5-25-15-19-12-20(16-26-6-2)14-23(13-19)24-21(17-27-7-3)10-9-11-22(24)18-28-8-4/h5,7-11,19-20,23H,1,3-4,6,12-18H2,2H3. The van der Waals surface area contributed by atoms with Gasteiger partial charge in [0.1, 0.15) is 13.2 Å². The van der Waals surface area contributed by atoms with Crippen LogP contribution in [0.4, 0.5) is 0 Å². The Morgan fingerprint density at radius 2 is 1.43 bits per heavy atom. The molecule has 0 saturated heterocycles. The Hall–Kier alpha value is -2.20. The molecule has 1 aliphatic rings. The molecule has 3 unspecified atom stereocenters. The van der Waals surface area contributed by atoms with Gasteiger partial charge in [0, 0.05) is 13.2 Å². The van der Waals surface area contributed by atoms with Gasteiger partial charge in [-0.15, -0.1) is 0 Å².